The first-order valence-electron chi connectivity index (χ1n) is 9.13. The van der Waals surface area contributed by atoms with Gasteiger partial charge in [0.15, 0.2) is 11.6 Å². The Balaban J connectivity index is 1.55. The molecule has 0 saturated heterocycles. The SMILES string of the molecule is CCC1CCC(C2CCC(c3cccc(F)c3F)CC2)CC1. The zero-order chi connectivity index (χ0) is 15.5. The van der Waals surface area contributed by atoms with E-state index in [0.29, 0.717) is 5.56 Å². The molecule has 0 spiro atoms. The molecule has 2 fully saturated rings. The maximum Gasteiger partial charge on any atom is 0.162 e. The molecule has 0 aliphatic heterocycles. The molecule has 0 unspecified atom stereocenters. The van der Waals surface area contributed by atoms with Crippen molar-refractivity contribution in [3.63, 3.8) is 0 Å². The van der Waals surface area contributed by atoms with Gasteiger partial charge in [0.05, 0.1) is 0 Å². The van der Waals surface area contributed by atoms with Crippen LogP contribution < -0.4 is 0 Å². The van der Waals surface area contributed by atoms with E-state index in [9.17, 15) is 8.78 Å². The maximum absolute atomic E-state index is 13.9. The van der Waals surface area contributed by atoms with Gasteiger partial charge in [0.2, 0.25) is 0 Å². The van der Waals surface area contributed by atoms with Crippen molar-refractivity contribution in [1.29, 1.82) is 0 Å². The van der Waals surface area contributed by atoms with Gasteiger partial charge in [0.1, 0.15) is 0 Å². The highest BCUT2D eigenvalue weighted by molar-refractivity contribution is 5.23. The molecule has 0 bridgehead atoms. The van der Waals surface area contributed by atoms with Crippen molar-refractivity contribution in [1.82, 2.24) is 0 Å². The van der Waals surface area contributed by atoms with E-state index in [4.69, 9.17) is 0 Å². The highest BCUT2D eigenvalue weighted by atomic mass is 19.2. The molecule has 0 aromatic heterocycles. The molecule has 1 aromatic carbocycles. The van der Waals surface area contributed by atoms with Gasteiger partial charge in [0, 0.05) is 0 Å². The third-order valence-electron chi connectivity index (χ3n) is 6.33. The van der Waals surface area contributed by atoms with E-state index >= 15 is 0 Å². The fourth-order valence-electron chi connectivity index (χ4n) is 4.81. The molecule has 2 aliphatic carbocycles. The first-order valence-corrected chi connectivity index (χ1v) is 9.13. The van der Waals surface area contributed by atoms with Crippen molar-refractivity contribution in [3.05, 3.63) is 35.4 Å². The number of rotatable bonds is 3. The first-order chi connectivity index (χ1) is 10.7. The number of hydrogen-bond acceptors (Lipinski definition) is 0. The molecule has 2 aliphatic rings. The lowest BCUT2D eigenvalue weighted by atomic mass is 9.68. The predicted molar refractivity (Wildman–Crippen MR) is 86.8 cm³/mol. The second kappa shape index (κ2) is 7.10. The minimum absolute atomic E-state index is 0.221. The second-order valence-corrected chi connectivity index (χ2v) is 7.44. The van der Waals surface area contributed by atoms with Crippen LogP contribution in [0.3, 0.4) is 0 Å². The van der Waals surface area contributed by atoms with Gasteiger partial charge >= 0.3 is 0 Å². The monoisotopic (exact) mass is 306 g/mol. The fraction of sp³-hybridized carbons (Fsp3) is 0.700. The van der Waals surface area contributed by atoms with Crippen LogP contribution >= 0.6 is 0 Å². The molecule has 3 rings (SSSR count). The lowest BCUT2D eigenvalue weighted by Gasteiger charge is -2.38. The summed E-state index contributed by atoms with van der Waals surface area (Å²) in [5.74, 6) is 1.58. The summed E-state index contributed by atoms with van der Waals surface area (Å²) in [5, 5.41) is 0. The quantitative estimate of drug-likeness (QED) is 0.601. The molecule has 122 valence electrons. The summed E-state index contributed by atoms with van der Waals surface area (Å²) in [5.41, 5.74) is 0.605. The second-order valence-electron chi connectivity index (χ2n) is 7.44. The smallest absolute Gasteiger partial charge is 0.162 e. The van der Waals surface area contributed by atoms with Crippen molar-refractivity contribution >= 4 is 0 Å². The molecule has 0 heterocycles. The third kappa shape index (κ3) is 3.36. The van der Waals surface area contributed by atoms with Crippen molar-refractivity contribution < 1.29 is 8.78 Å². The van der Waals surface area contributed by atoms with Gasteiger partial charge in [-0.3, -0.25) is 0 Å². The van der Waals surface area contributed by atoms with E-state index in [1.54, 1.807) is 12.1 Å². The summed E-state index contributed by atoms with van der Waals surface area (Å²) in [6.45, 7) is 2.31. The zero-order valence-electron chi connectivity index (χ0n) is 13.7. The van der Waals surface area contributed by atoms with Crippen molar-refractivity contribution in [3.8, 4) is 0 Å². The van der Waals surface area contributed by atoms with Crippen molar-refractivity contribution in [2.24, 2.45) is 17.8 Å². The van der Waals surface area contributed by atoms with Crippen molar-refractivity contribution in [2.75, 3.05) is 0 Å². The summed E-state index contributed by atoms with van der Waals surface area (Å²) < 4.78 is 27.3. The Labute approximate surface area is 133 Å². The highest BCUT2D eigenvalue weighted by Crippen LogP contribution is 2.44. The molecule has 0 radical (unpaired) electrons. The van der Waals surface area contributed by atoms with Gasteiger partial charge in [-0.05, 0) is 73.8 Å². The van der Waals surface area contributed by atoms with Gasteiger partial charge in [0.25, 0.3) is 0 Å². The molecular weight excluding hydrogens is 278 g/mol. The van der Waals surface area contributed by atoms with E-state index in [1.165, 1.54) is 51.0 Å². The van der Waals surface area contributed by atoms with Crippen LogP contribution in [0.25, 0.3) is 0 Å². The molecule has 0 atom stereocenters. The standard InChI is InChI=1S/C20H28F2/c1-2-14-6-8-15(9-7-14)16-10-12-17(13-11-16)18-4-3-5-19(21)20(18)22/h3-5,14-17H,2,6-13H2,1H3. The summed E-state index contributed by atoms with van der Waals surface area (Å²) in [4.78, 5) is 0. The average molecular weight is 306 g/mol. The Morgan fingerprint density at radius 2 is 1.45 bits per heavy atom. The maximum atomic E-state index is 13.9. The average Bonchev–Trinajstić information content (AvgIpc) is 2.58. The Morgan fingerprint density at radius 3 is 2.05 bits per heavy atom. The highest BCUT2D eigenvalue weighted by Gasteiger charge is 2.31. The van der Waals surface area contributed by atoms with Crippen LogP contribution in [0.1, 0.15) is 76.2 Å². The summed E-state index contributed by atoms with van der Waals surface area (Å²) >= 11 is 0. The van der Waals surface area contributed by atoms with Gasteiger partial charge in [-0.25, -0.2) is 8.78 Å². The summed E-state index contributed by atoms with van der Waals surface area (Å²) in [6.07, 6.45) is 11.4. The first kappa shape index (κ1) is 16.0. The van der Waals surface area contributed by atoms with Gasteiger partial charge in [-0.15, -0.1) is 0 Å². The van der Waals surface area contributed by atoms with Gasteiger partial charge < -0.3 is 0 Å². The Hall–Kier alpha value is -0.920. The Kier molecular flexibility index (Phi) is 5.15. The molecule has 1 aromatic rings. The van der Waals surface area contributed by atoms with Crippen molar-refractivity contribution in [2.45, 2.75) is 70.6 Å². The summed E-state index contributed by atoms with van der Waals surface area (Å²) in [7, 11) is 0. The van der Waals surface area contributed by atoms with E-state index < -0.39 is 11.6 Å². The fourth-order valence-corrected chi connectivity index (χ4v) is 4.81. The number of halogens is 2. The van der Waals surface area contributed by atoms with Crippen LogP contribution in [0.15, 0.2) is 18.2 Å². The number of hydrogen-bond donors (Lipinski definition) is 0. The summed E-state index contributed by atoms with van der Waals surface area (Å²) in [6, 6.07) is 4.64. The van der Waals surface area contributed by atoms with E-state index in [-0.39, 0.29) is 5.92 Å². The third-order valence-corrected chi connectivity index (χ3v) is 6.33. The van der Waals surface area contributed by atoms with Crippen LogP contribution in [-0.2, 0) is 0 Å². The molecule has 2 saturated carbocycles. The van der Waals surface area contributed by atoms with Gasteiger partial charge in [-0.2, -0.15) is 0 Å². The molecular formula is C20H28F2. The molecule has 22 heavy (non-hydrogen) atoms. The van der Waals surface area contributed by atoms with Crippen LogP contribution in [0.2, 0.25) is 0 Å². The normalized spacial score (nSPS) is 32.9. The van der Waals surface area contributed by atoms with Crippen LogP contribution in [-0.4, -0.2) is 0 Å². The Morgan fingerprint density at radius 1 is 0.864 bits per heavy atom. The van der Waals surface area contributed by atoms with Crippen LogP contribution in [0, 0.1) is 29.4 Å². The molecule has 0 N–H and O–H groups in total. The number of benzene rings is 1. The lowest BCUT2D eigenvalue weighted by Crippen LogP contribution is -2.25. The lowest BCUT2D eigenvalue weighted by molar-refractivity contribution is 0.158. The topological polar surface area (TPSA) is 0 Å². The zero-order valence-corrected chi connectivity index (χ0v) is 13.7. The van der Waals surface area contributed by atoms with Gasteiger partial charge in [-0.1, -0.05) is 38.3 Å². The van der Waals surface area contributed by atoms with E-state index in [2.05, 4.69) is 6.92 Å². The van der Waals surface area contributed by atoms with E-state index in [0.717, 1.165) is 30.6 Å². The molecule has 0 nitrogen and oxygen atoms in total. The van der Waals surface area contributed by atoms with Crippen LogP contribution in [0.4, 0.5) is 8.78 Å². The largest absolute Gasteiger partial charge is 0.204 e. The minimum Gasteiger partial charge on any atom is -0.204 e. The van der Waals surface area contributed by atoms with Crippen LogP contribution in [0.5, 0.6) is 0 Å². The van der Waals surface area contributed by atoms with E-state index in [1.807, 2.05) is 0 Å². The minimum atomic E-state index is -0.697. The molecule has 0 amide bonds. The Bertz CT molecular complexity index is 480. The predicted octanol–water partition coefficient (Wildman–Crippen LogP) is 6.46. The molecule has 2 heteroatoms.